The van der Waals surface area contributed by atoms with E-state index in [9.17, 15) is 23.1 Å². The smallest absolute Gasteiger partial charge is 0.328 e. The molecule has 1 aliphatic heterocycles. The fourth-order valence-electron chi connectivity index (χ4n) is 3.17. The number of aryl methyl sites for hydroxylation is 2. The number of fused-ring (bicyclic) bond motifs is 1. The Morgan fingerprint density at radius 3 is 2.48 bits per heavy atom. The summed E-state index contributed by atoms with van der Waals surface area (Å²) in [7, 11) is -0.776. The van der Waals surface area contributed by atoms with Crippen LogP contribution >= 0.6 is 0 Å². The molecule has 1 fully saturated rings. The number of rotatable bonds is 3. The Hall–Kier alpha value is -2.17. The second-order valence-corrected chi connectivity index (χ2v) is 8.15. The van der Waals surface area contributed by atoms with Gasteiger partial charge in [0, 0.05) is 27.2 Å². The number of carboxylic acids is 1. The predicted molar refractivity (Wildman–Crippen MR) is 88.7 cm³/mol. The van der Waals surface area contributed by atoms with E-state index in [0.29, 0.717) is 11.0 Å². The van der Waals surface area contributed by atoms with E-state index in [1.807, 2.05) is 0 Å². The van der Waals surface area contributed by atoms with Crippen molar-refractivity contribution in [1.82, 2.24) is 13.4 Å². The number of nitrogens with zero attached hydrogens (tertiary/aromatic N) is 3. The summed E-state index contributed by atoms with van der Waals surface area (Å²) < 4.78 is 29.6. The highest BCUT2D eigenvalue weighted by Crippen LogP contribution is 2.26. The molecule has 2 heterocycles. The number of carbonyl (C=O) groups is 1. The molecule has 9 nitrogen and oxygen atoms in total. The van der Waals surface area contributed by atoms with Crippen LogP contribution < -0.4 is 5.69 Å². The van der Waals surface area contributed by atoms with Gasteiger partial charge in [-0.25, -0.2) is 13.2 Å². The second-order valence-electron chi connectivity index (χ2n) is 6.21. The van der Waals surface area contributed by atoms with Crippen molar-refractivity contribution in [3.63, 3.8) is 0 Å². The van der Waals surface area contributed by atoms with Crippen LogP contribution in [-0.4, -0.2) is 57.2 Å². The van der Waals surface area contributed by atoms with Crippen molar-refractivity contribution < 1.29 is 23.4 Å². The van der Waals surface area contributed by atoms with Crippen LogP contribution in [0.1, 0.15) is 6.42 Å². The molecule has 1 aliphatic rings. The van der Waals surface area contributed by atoms with Gasteiger partial charge in [0.05, 0.1) is 28.0 Å². The van der Waals surface area contributed by atoms with E-state index in [2.05, 4.69) is 0 Å². The Kier molecular flexibility index (Phi) is 4.21. The molecule has 1 aromatic heterocycles. The lowest BCUT2D eigenvalue weighted by Gasteiger charge is -2.33. The van der Waals surface area contributed by atoms with Crippen molar-refractivity contribution in [3.8, 4) is 0 Å². The predicted octanol–water partition coefficient (Wildman–Crippen LogP) is -0.667. The molecule has 2 atom stereocenters. The SMILES string of the molecule is Cn1c(=O)n(C)c2cc(S(=O)(=O)N3CC[C@H](O)[C@@H](C(=O)O)C3)ccc21. The van der Waals surface area contributed by atoms with E-state index >= 15 is 0 Å². The Labute approximate surface area is 143 Å². The number of hydrogen-bond acceptors (Lipinski definition) is 5. The molecule has 0 unspecified atom stereocenters. The highest BCUT2D eigenvalue weighted by atomic mass is 32.2. The number of aliphatic hydroxyl groups excluding tert-OH is 1. The van der Waals surface area contributed by atoms with Gasteiger partial charge < -0.3 is 10.2 Å². The largest absolute Gasteiger partial charge is 0.481 e. The maximum absolute atomic E-state index is 12.9. The first kappa shape index (κ1) is 17.6. The molecule has 0 amide bonds. The Morgan fingerprint density at radius 1 is 1.20 bits per heavy atom. The van der Waals surface area contributed by atoms with Gasteiger partial charge >= 0.3 is 11.7 Å². The lowest BCUT2D eigenvalue weighted by molar-refractivity contribution is -0.147. The number of hydrogen-bond donors (Lipinski definition) is 2. The number of aliphatic carboxylic acids is 1. The van der Waals surface area contributed by atoms with E-state index in [1.54, 1.807) is 20.2 Å². The van der Waals surface area contributed by atoms with Crippen molar-refractivity contribution in [1.29, 1.82) is 0 Å². The zero-order valence-electron chi connectivity index (χ0n) is 13.8. The number of sulfonamides is 1. The second kappa shape index (κ2) is 5.97. The first-order valence-electron chi connectivity index (χ1n) is 7.71. The van der Waals surface area contributed by atoms with E-state index in [0.717, 1.165) is 4.31 Å². The summed E-state index contributed by atoms with van der Waals surface area (Å²) in [6.07, 6.45) is -1.01. The van der Waals surface area contributed by atoms with Crippen molar-refractivity contribution >= 4 is 27.0 Å². The molecule has 10 heteroatoms. The fraction of sp³-hybridized carbons (Fsp3) is 0.467. The zero-order valence-corrected chi connectivity index (χ0v) is 14.6. The summed E-state index contributed by atoms with van der Waals surface area (Å²) in [6, 6.07) is 4.36. The summed E-state index contributed by atoms with van der Waals surface area (Å²) >= 11 is 0. The lowest BCUT2D eigenvalue weighted by atomic mass is 9.96. The molecule has 0 bridgehead atoms. The topological polar surface area (TPSA) is 122 Å². The van der Waals surface area contributed by atoms with Crippen LogP contribution in [0.4, 0.5) is 0 Å². The normalized spacial score (nSPS) is 22.4. The molecular weight excluding hydrogens is 350 g/mol. The molecule has 3 rings (SSSR count). The highest BCUT2D eigenvalue weighted by molar-refractivity contribution is 7.89. The molecule has 0 radical (unpaired) electrons. The van der Waals surface area contributed by atoms with Crippen LogP contribution in [0.3, 0.4) is 0 Å². The van der Waals surface area contributed by atoms with Crippen LogP contribution in [0.5, 0.6) is 0 Å². The van der Waals surface area contributed by atoms with Gasteiger partial charge in [-0.2, -0.15) is 4.31 Å². The van der Waals surface area contributed by atoms with Crippen molar-refractivity contribution in [2.45, 2.75) is 17.4 Å². The molecule has 0 aliphatic carbocycles. The van der Waals surface area contributed by atoms with Gasteiger partial charge in [0.1, 0.15) is 0 Å². The summed E-state index contributed by atoms with van der Waals surface area (Å²) in [6.45, 7) is -0.246. The lowest BCUT2D eigenvalue weighted by Crippen LogP contribution is -2.48. The zero-order chi connectivity index (χ0) is 18.5. The summed E-state index contributed by atoms with van der Waals surface area (Å²) in [5.41, 5.74) is 0.806. The van der Waals surface area contributed by atoms with Gasteiger partial charge in [-0.3, -0.25) is 13.9 Å². The van der Waals surface area contributed by atoms with Gasteiger partial charge in [0.15, 0.2) is 0 Å². The van der Waals surface area contributed by atoms with E-state index in [4.69, 9.17) is 5.11 Å². The van der Waals surface area contributed by atoms with Gasteiger partial charge in [-0.1, -0.05) is 0 Å². The first-order chi connectivity index (χ1) is 11.6. The number of aromatic nitrogens is 2. The van der Waals surface area contributed by atoms with Crippen LogP contribution in [0.2, 0.25) is 0 Å². The average molecular weight is 369 g/mol. The summed E-state index contributed by atoms with van der Waals surface area (Å²) in [5.74, 6) is -2.39. The van der Waals surface area contributed by atoms with E-state index in [-0.39, 0.29) is 30.1 Å². The Balaban J connectivity index is 2.03. The number of benzene rings is 1. The van der Waals surface area contributed by atoms with Gasteiger partial charge in [-0.15, -0.1) is 0 Å². The number of aliphatic hydroxyl groups is 1. The van der Waals surface area contributed by atoms with Gasteiger partial charge in [-0.05, 0) is 24.6 Å². The van der Waals surface area contributed by atoms with Gasteiger partial charge in [0.25, 0.3) is 0 Å². The number of piperidine rings is 1. The minimum absolute atomic E-state index is 0.0123. The van der Waals surface area contributed by atoms with Crippen LogP contribution in [0.25, 0.3) is 11.0 Å². The van der Waals surface area contributed by atoms with Crippen molar-refractivity contribution in [3.05, 3.63) is 28.7 Å². The molecule has 25 heavy (non-hydrogen) atoms. The average Bonchev–Trinajstić information content (AvgIpc) is 2.79. The third-order valence-electron chi connectivity index (χ3n) is 4.74. The van der Waals surface area contributed by atoms with Gasteiger partial charge in [0.2, 0.25) is 10.0 Å². The Bertz CT molecular complexity index is 1010. The van der Waals surface area contributed by atoms with E-state index < -0.39 is 28.0 Å². The Morgan fingerprint density at radius 2 is 1.84 bits per heavy atom. The minimum Gasteiger partial charge on any atom is -0.481 e. The van der Waals surface area contributed by atoms with E-state index in [1.165, 1.54) is 21.3 Å². The molecule has 0 saturated carbocycles. The molecule has 1 saturated heterocycles. The summed E-state index contributed by atoms with van der Waals surface area (Å²) in [4.78, 5) is 23.2. The van der Waals surface area contributed by atoms with Crippen molar-refractivity contribution in [2.75, 3.05) is 13.1 Å². The van der Waals surface area contributed by atoms with Crippen LogP contribution in [-0.2, 0) is 28.9 Å². The highest BCUT2D eigenvalue weighted by Gasteiger charge is 2.38. The molecule has 2 aromatic rings. The number of imidazole rings is 1. The maximum atomic E-state index is 12.9. The third-order valence-corrected chi connectivity index (χ3v) is 6.60. The molecular formula is C15H19N3O6S. The van der Waals surface area contributed by atoms with Crippen LogP contribution in [0, 0.1) is 5.92 Å². The molecule has 1 aromatic carbocycles. The van der Waals surface area contributed by atoms with Crippen LogP contribution in [0.15, 0.2) is 27.9 Å². The minimum atomic E-state index is -3.93. The standard InChI is InChI=1S/C15H19N3O6S/c1-16-11-4-3-9(7-12(11)17(2)15(16)22)25(23,24)18-6-5-13(19)10(8-18)14(20)21/h3-4,7,10,13,19H,5-6,8H2,1-2H3,(H,20,21)/t10-,13-/m0/s1. The van der Waals surface area contributed by atoms with Crippen molar-refractivity contribution in [2.24, 2.45) is 20.0 Å². The molecule has 136 valence electrons. The maximum Gasteiger partial charge on any atom is 0.328 e. The monoisotopic (exact) mass is 369 g/mol. The quantitative estimate of drug-likeness (QED) is 0.740. The first-order valence-corrected chi connectivity index (χ1v) is 9.15. The third kappa shape index (κ3) is 2.75. The molecule has 0 spiro atoms. The summed E-state index contributed by atoms with van der Waals surface area (Å²) in [5, 5.41) is 18.9. The number of carboxylic acid groups (broad SMARTS) is 1. The fourth-order valence-corrected chi connectivity index (χ4v) is 4.67. The molecule has 2 N–H and O–H groups in total.